The van der Waals surface area contributed by atoms with Crippen LogP contribution >= 0.6 is 11.6 Å². The highest BCUT2D eigenvalue weighted by Crippen LogP contribution is 2.25. The van der Waals surface area contributed by atoms with Crippen molar-refractivity contribution in [3.05, 3.63) is 29.8 Å². The minimum absolute atomic E-state index is 0.00926. The smallest absolute Gasteiger partial charge is 0.234 e. The van der Waals surface area contributed by atoms with Gasteiger partial charge in [0, 0.05) is 6.54 Å². The van der Waals surface area contributed by atoms with Crippen LogP contribution < -0.4 is 10.1 Å². The van der Waals surface area contributed by atoms with E-state index in [1.54, 1.807) is 7.11 Å². The molecule has 1 amide bonds. The van der Waals surface area contributed by atoms with Crippen molar-refractivity contribution in [1.82, 2.24) is 10.2 Å². The monoisotopic (exact) mass is 310 g/mol. The van der Waals surface area contributed by atoms with E-state index in [1.165, 1.54) is 24.8 Å². The molecular formula is C16H23ClN2O2. The van der Waals surface area contributed by atoms with Crippen LogP contribution in [0.1, 0.15) is 30.9 Å². The van der Waals surface area contributed by atoms with Crippen LogP contribution in [0, 0.1) is 0 Å². The molecule has 1 heterocycles. The number of carbonyl (C=O) groups is 1. The Balaban J connectivity index is 2.10. The Morgan fingerprint density at radius 2 is 1.95 bits per heavy atom. The maximum atomic E-state index is 11.4. The molecule has 1 fully saturated rings. The van der Waals surface area contributed by atoms with Gasteiger partial charge in [0.1, 0.15) is 11.6 Å². The van der Waals surface area contributed by atoms with Gasteiger partial charge in [-0.3, -0.25) is 9.69 Å². The van der Waals surface area contributed by atoms with Gasteiger partial charge in [-0.05, 0) is 43.6 Å². The maximum Gasteiger partial charge on any atom is 0.234 e. The highest BCUT2D eigenvalue weighted by Gasteiger charge is 2.22. The first-order valence-corrected chi connectivity index (χ1v) is 7.98. The Kier molecular flexibility index (Phi) is 6.33. The number of hydrogen-bond donors (Lipinski definition) is 1. The molecule has 0 aromatic heterocycles. The van der Waals surface area contributed by atoms with E-state index in [0.717, 1.165) is 18.8 Å². The molecule has 21 heavy (non-hydrogen) atoms. The van der Waals surface area contributed by atoms with E-state index in [9.17, 15) is 4.79 Å². The second kappa shape index (κ2) is 8.25. The standard InChI is InChI=1S/C16H23ClN2O2/c1-21-14-7-5-13(6-8-14)15(12-18-16(20)11-17)19-9-3-2-4-10-19/h5-8,15H,2-4,9-12H2,1H3,(H,18,20). The lowest BCUT2D eigenvalue weighted by molar-refractivity contribution is -0.118. The number of nitrogens with one attached hydrogen (secondary N) is 1. The summed E-state index contributed by atoms with van der Waals surface area (Å²) in [5.41, 5.74) is 1.20. The largest absolute Gasteiger partial charge is 0.497 e. The van der Waals surface area contributed by atoms with Crippen LogP contribution in [-0.2, 0) is 4.79 Å². The number of carbonyl (C=O) groups excluding carboxylic acids is 1. The summed E-state index contributed by atoms with van der Waals surface area (Å²) in [5.74, 6) is 0.739. The zero-order chi connectivity index (χ0) is 15.1. The summed E-state index contributed by atoms with van der Waals surface area (Å²) in [4.78, 5) is 13.9. The zero-order valence-electron chi connectivity index (χ0n) is 12.5. The van der Waals surface area contributed by atoms with Gasteiger partial charge in [-0.2, -0.15) is 0 Å². The van der Waals surface area contributed by atoms with E-state index in [0.29, 0.717) is 6.54 Å². The summed E-state index contributed by atoms with van der Waals surface area (Å²) in [5, 5.41) is 2.91. The van der Waals surface area contributed by atoms with Gasteiger partial charge in [0.25, 0.3) is 0 Å². The highest BCUT2D eigenvalue weighted by atomic mass is 35.5. The molecule has 2 rings (SSSR count). The molecule has 0 aliphatic carbocycles. The minimum Gasteiger partial charge on any atom is -0.497 e. The topological polar surface area (TPSA) is 41.6 Å². The van der Waals surface area contributed by atoms with Crippen LogP contribution in [0.3, 0.4) is 0 Å². The van der Waals surface area contributed by atoms with Crippen LogP contribution in [0.5, 0.6) is 5.75 Å². The van der Waals surface area contributed by atoms with E-state index < -0.39 is 0 Å². The fourth-order valence-corrected chi connectivity index (χ4v) is 2.87. The van der Waals surface area contributed by atoms with E-state index >= 15 is 0 Å². The number of benzene rings is 1. The van der Waals surface area contributed by atoms with Crippen molar-refractivity contribution in [3.8, 4) is 5.75 Å². The predicted molar refractivity (Wildman–Crippen MR) is 84.9 cm³/mol. The molecule has 1 saturated heterocycles. The van der Waals surface area contributed by atoms with Crippen LogP contribution in [0.25, 0.3) is 0 Å². The molecule has 0 saturated carbocycles. The van der Waals surface area contributed by atoms with Crippen molar-refractivity contribution < 1.29 is 9.53 Å². The van der Waals surface area contributed by atoms with Crippen LogP contribution in [0.2, 0.25) is 0 Å². The molecule has 1 aliphatic heterocycles. The number of halogens is 1. The fraction of sp³-hybridized carbons (Fsp3) is 0.562. The first-order chi connectivity index (χ1) is 10.2. The number of amides is 1. The van der Waals surface area contributed by atoms with Crippen LogP contribution in [0.15, 0.2) is 24.3 Å². The third kappa shape index (κ3) is 4.61. The van der Waals surface area contributed by atoms with Crippen molar-refractivity contribution in [2.75, 3.05) is 32.6 Å². The second-order valence-corrected chi connectivity index (χ2v) is 5.59. The average Bonchev–Trinajstić information content (AvgIpc) is 2.56. The molecule has 0 spiro atoms. The number of hydrogen-bond acceptors (Lipinski definition) is 3. The molecule has 1 N–H and O–H groups in total. The number of nitrogens with zero attached hydrogens (tertiary/aromatic N) is 1. The zero-order valence-corrected chi connectivity index (χ0v) is 13.2. The van der Waals surface area contributed by atoms with E-state index in [1.807, 2.05) is 12.1 Å². The summed E-state index contributed by atoms with van der Waals surface area (Å²) in [6, 6.07) is 8.28. The SMILES string of the molecule is COc1ccc(C(CNC(=O)CCl)N2CCCCC2)cc1. The van der Waals surface area contributed by atoms with Gasteiger partial charge in [0.05, 0.1) is 13.2 Å². The molecule has 1 unspecified atom stereocenters. The molecule has 1 aromatic carbocycles. The van der Waals surface area contributed by atoms with Crippen LogP contribution in [-0.4, -0.2) is 43.4 Å². The summed E-state index contributed by atoms with van der Waals surface area (Å²) in [6.07, 6.45) is 3.73. The summed E-state index contributed by atoms with van der Waals surface area (Å²) >= 11 is 5.56. The number of likely N-dealkylation sites (tertiary alicyclic amines) is 1. The van der Waals surface area contributed by atoms with Crippen LogP contribution in [0.4, 0.5) is 0 Å². The number of rotatable bonds is 6. The third-order valence-electron chi connectivity index (χ3n) is 3.95. The van der Waals surface area contributed by atoms with Gasteiger partial charge < -0.3 is 10.1 Å². The van der Waals surface area contributed by atoms with Gasteiger partial charge >= 0.3 is 0 Å². The molecule has 0 bridgehead atoms. The predicted octanol–water partition coefficient (Wildman–Crippen LogP) is 2.58. The summed E-state index contributed by atoms with van der Waals surface area (Å²) < 4.78 is 5.21. The lowest BCUT2D eigenvalue weighted by atomic mass is 10.0. The number of methoxy groups -OCH3 is 1. The molecular weight excluding hydrogens is 288 g/mol. The van der Waals surface area contributed by atoms with Gasteiger partial charge in [0.2, 0.25) is 5.91 Å². The van der Waals surface area contributed by atoms with Gasteiger partial charge in [-0.1, -0.05) is 18.6 Å². The second-order valence-electron chi connectivity index (χ2n) is 5.32. The van der Waals surface area contributed by atoms with Crippen molar-refractivity contribution in [2.45, 2.75) is 25.3 Å². The van der Waals surface area contributed by atoms with E-state index in [2.05, 4.69) is 22.3 Å². The molecule has 1 aliphatic rings. The first-order valence-electron chi connectivity index (χ1n) is 7.45. The lowest BCUT2D eigenvalue weighted by Crippen LogP contribution is -2.40. The van der Waals surface area contributed by atoms with Crippen molar-refractivity contribution in [1.29, 1.82) is 0 Å². The number of piperidine rings is 1. The van der Waals surface area contributed by atoms with Gasteiger partial charge in [-0.15, -0.1) is 11.6 Å². The summed E-state index contributed by atoms with van der Waals surface area (Å²) in [6.45, 7) is 2.75. The maximum absolute atomic E-state index is 11.4. The normalized spacial score (nSPS) is 17.2. The van der Waals surface area contributed by atoms with E-state index in [-0.39, 0.29) is 17.8 Å². The molecule has 116 valence electrons. The number of ether oxygens (including phenoxy) is 1. The van der Waals surface area contributed by atoms with Gasteiger partial charge in [-0.25, -0.2) is 0 Å². The Morgan fingerprint density at radius 3 is 2.52 bits per heavy atom. The minimum atomic E-state index is -0.118. The van der Waals surface area contributed by atoms with E-state index in [4.69, 9.17) is 16.3 Å². The molecule has 1 atom stereocenters. The Labute approximate surface area is 131 Å². The third-order valence-corrected chi connectivity index (χ3v) is 4.19. The fourth-order valence-electron chi connectivity index (χ4n) is 2.77. The van der Waals surface area contributed by atoms with Crippen molar-refractivity contribution in [2.24, 2.45) is 0 Å². The Morgan fingerprint density at radius 1 is 1.29 bits per heavy atom. The molecule has 4 nitrogen and oxygen atoms in total. The number of alkyl halides is 1. The van der Waals surface area contributed by atoms with Gasteiger partial charge in [0.15, 0.2) is 0 Å². The quantitative estimate of drug-likeness (QED) is 0.821. The first kappa shape index (κ1) is 16.1. The Hall–Kier alpha value is -1.26. The highest BCUT2D eigenvalue weighted by molar-refractivity contribution is 6.27. The molecule has 0 radical (unpaired) electrons. The lowest BCUT2D eigenvalue weighted by Gasteiger charge is -2.35. The summed E-state index contributed by atoms with van der Waals surface area (Å²) in [7, 11) is 1.66. The molecule has 5 heteroatoms. The van der Waals surface area contributed by atoms with Crippen molar-refractivity contribution in [3.63, 3.8) is 0 Å². The Bertz CT molecular complexity index is 444. The average molecular weight is 311 g/mol. The van der Waals surface area contributed by atoms with Crippen molar-refractivity contribution >= 4 is 17.5 Å². The molecule has 1 aromatic rings.